The minimum atomic E-state index is -4.22. The molecule has 1 heterocycles. The van der Waals surface area contributed by atoms with Crippen LogP contribution >= 0.6 is 7.60 Å². The standard InChI is InChI=1S/C6H11N2O5PS/c1-8-6(15(2,12)13)3-5(7-8)4-14(9,10)11/h3H,4H2,1-2H3,(H2,9,10,11). The van der Waals surface area contributed by atoms with Gasteiger partial charge < -0.3 is 9.79 Å². The Kier molecular flexibility index (Phi) is 3.06. The average molecular weight is 254 g/mol. The predicted octanol–water partition coefficient (Wildman–Crippen LogP) is -0.499. The van der Waals surface area contributed by atoms with Crippen LogP contribution in [0.1, 0.15) is 5.69 Å². The number of aryl methyl sites for hydroxylation is 1. The zero-order valence-electron chi connectivity index (χ0n) is 8.15. The van der Waals surface area contributed by atoms with Crippen LogP contribution in [0.3, 0.4) is 0 Å². The third kappa shape index (κ3) is 3.42. The largest absolute Gasteiger partial charge is 0.331 e. The number of aromatic nitrogens is 2. The summed E-state index contributed by atoms with van der Waals surface area (Å²) in [6.07, 6.45) is 0.446. The molecule has 0 aliphatic heterocycles. The molecular formula is C6H11N2O5PS. The van der Waals surface area contributed by atoms with Crippen LogP contribution in [-0.2, 0) is 27.6 Å². The molecule has 0 unspecified atom stereocenters. The van der Waals surface area contributed by atoms with E-state index in [4.69, 9.17) is 9.79 Å². The number of rotatable bonds is 3. The first-order valence-corrected chi connectivity index (χ1v) is 7.56. The van der Waals surface area contributed by atoms with Crippen molar-refractivity contribution in [3.63, 3.8) is 0 Å². The number of hydrogen-bond donors (Lipinski definition) is 2. The van der Waals surface area contributed by atoms with Crippen LogP contribution in [0, 0.1) is 0 Å². The van der Waals surface area contributed by atoms with Crippen molar-refractivity contribution in [3.8, 4) is 0 Å². The number of sulfone groups is 1. The van der Waals surface area contributed by atoms with Crippen LogP contribution in [0.4, 0.5) is 0 Å². The number of hydrogen-bond acceptors (Lipinski definition) is 4. The van der Waals surface area contributed by atoms with Crippen molar-refractivity contribution in [2.75, 3.05) is 6.26 Å². The topological polar surface area (TPSA) is 109 Å². The van der Waals surface area contributed by atoms with Gasteiger partial charge in [0.25, 0.3) is 0 Å². The first-order chi connectivity index (χ1) is 6.59. The van der Waals surface area contributed by atoms with Crippen LogP contribution in [0.25, 0.3) is 0 Å². The van der Waals surface area contributed by atoms with Gasteiger partial charge in [-0.05, 0) is 6.07 Å². The monoisotopic (exact) mass is 254 g/mol. The summed E-state index contributed by atoms with van der Waals surface area (Å²) in [5.74, 6) is 0. The highest BCUT2D eigenvalue weighted by Gasteiger charge is 2.20. The fraction of sp³-hybridized carbons (Fsp3) is 0.500. The van der Waals surface area contributed by atoms with E-state index in [2.05, 4.69) is 5.10 Å². The minimum Gasteiger partial charge on any atom is -0.324 e. The Morgan fingerprint density at radius 1 is 1.53 bits per heavy atom. The van der Waals surface area contributed by atoms with Crippen LogP contribution in [0.15, 0.2) is 11.1 Å². The van der Waals surface area contributed by atoms with Crippen molar-refractivity contribution in [1.82, 2.24) is 9.78 Å². The molecule has 86 valence electrons. The molecule has 1 aromatic heterocycles. The molecule has 0 aromatic carbocycles. The minimum absolute atomic E-state index is 0.0614. The second-order valence-electron chi connectivity index (χ2n) is 3.19. The van der Waals surface area contributed by atoms with Gasteiger partial charge in [-0.15, -0.1) is 0 Å². The third-order valence-corrected chi connectivity index (χ3v) is 3.51. The quantitative estimate of drug-likeness (QED) is 0.704. The Labute approximate surface area is 86.8 Å². The summed E-state index contributed by atoms with van der Waals surface area (Å²) in [7, 11) is -6.24. The molecule has 9 heteroatoms. The smallest absolute Gasteiger partial charge is 0.324 e. The average Bonchev–Trinajstić information content (AvgIpc) is 2.25. The van der Waals surface area contributed by atoms with Crippen LogP contribution in [0.5, 0.6) is 0 Å². The zero-order valence-corrected chi connectivity index (χ0v) is 9.86. The fourth-order valence-corrected chi connectivity index (χ4v) is 2.59. The molecule has 0 bridgehead atoms. The van der Waals surface area contributed by atoms with Gasteiger partial charge in [0.15, 0.2) is 14.9 Å². The van der Waals surface area contributed by atoms with Crippen LogP contribution < -0.4 is 0 Å². The maximum atomic E-state index is 11.2. The Bertz CT molecular complexity index is 514. The SMILES string of the molecule is Cn1nc(CP(=O)(O)O)cc1S(C)(=O)=O. The van der Waals surface area contributed by atoms with Gasteiger partial charge in [-0.1, -0.05) is 0 Å². The van der Waals surface area contributed by atoms with E-state index in [1.165, 1.54) is 7.05 Å². The summed E-state index contributed by atoms with van der Waals surface area (Å²) in [6, 6.07) is 1.16. The van der Waals surface area contributed by atoms with E-state index in [0.29, 0.717) is 0 Å². The van der Waals surface area contributed by atoms with E-state index in [-0.39, 0.29) is 10.7 Å². The highest BCUT2D eigenvalue weighted by molar-refractivity contribution is 7.90. The predicted molar refractivity (Wildman–Crippen MR) is 52.1 cm³/mol. The van der Waals surface area contributed by atoms with Gasteiger partial charge >= 0.3 is 7.60 Å². The molecule has 0 fully saturated rings. The first kappa shape index (κ1) is 12.4. The molecule has 0 saturated heterocycles. The Morgan fingerprint density at radius 3 is 2.40 bits per heavy atom. The maximum Gasteiger partial charge on any atom is 0.331 e. The maximum absolute atomic E-state index is 11.2. The molecule has 7 nitrogen and oxygen atoms in total. The summed E-state index contributed by atoms with van der Waals surface area (Å²) in [5.41, 5.74) is 0.0614. The molecule has 0 amide bonds. The molecule has 0 saturated carbocycles. The molecule has 2 N–H and O–H groups in total. The lowest BCUT2D eigenvalue weighted by atomic mass is 10.5. The highest BCUT2D eigenvalue weighted by Crippen LogP contribution is 2.38. The molecule has 0 atom stereocenters. The molecule has 1 rings (SSSR count). The van der Waals surface area contributed by atoms with Gasteiger partial charge in [0.05, 0.1) is 11.9 Å². The lowest BCUT2D eigenvalue weighted by molar-refractivity contribution is 0.371. The first-order valence-electron chi connectivity index (χ1n) is 3.87. The van der Waals surface area contributed by atoms with E-state index < -0.39 is 23.6 Å². The summed E-state index contributed by atoms with van der Waals surface area (Å²) in [5, 5.41) is 3.64. The van der Waals surface area contributed by atoms with E-state index >= 15 is 0 Å². The Hall–Kier alpha value is -0.690. The van der Waals surface area contributed by atoms with Crippen LogP contribution in [0.2, 0.25) is 0 Å². The summed E-state index contributed by atoms with van der Waals surface area (Å²) < 4.78 is 34.1. The fourth-order valence-electron chi connectivity index (χ4n) is 1.14. The molecule has 0 spiro atoms. The van der Waals surface area contributed by atoms with E-state index in [9.17, 15) is 13.0 Å². The summed E-state index contributed by atoms with van der Waals surface area (Å²) >= 11 is 0. The molecule has 0 aliphatic carbocycles. The molecule has 0 radical (unpaired) electrons. The molecule has 15 heavy (non-hydrogen) atoms. The van der Waals surface area contributed by atoms with Crippen LogP contribution in [-0.4, -0.2) is 34.2 Å². The van der Waals surface area contributed by atoms with Crippen molar-refractivity contribution >= 4 is 17.4 Å². The zero-order chi connectivity index (χ0) is 11.9. The van der Waals surface area contributed by atoms with Gasteiger partial charge in [-0.25, -0.2) is 8.42 Å². The van der Waals surface area contributed by atoms with E-state index in [1.807, 2.05) is 0 Å². The van der Waals surface area contributed by atoms with E-state index in [0.717, 1.165) is 17.0 Å². The Balaban J connectivity index is 3.13. The second-order valence-corrected chi connectivity index (χ2v) is 6.80. The van der Waals surface area contributed by atoms with Gasteiger partial charge in [-0.3, -0.25) is 9.25 Å². The van der Waals surface area contributed by atoms with Crippen molar-refractivity contribution in [2.45, 2.75) is 11.2 Å². The lowest BCUT2D eigenvalue weighted by Crippen LogP contribution is -2.04. The normalized spacial score (nSPS) is 13.1. The van der Waals surface area contributed by atoms with Gasteiger partial charge in [0, 0.05) is 13.3 Å². The third-order valence-electron chi connectivity index (χ3n) is 1.64. The second kappa shape index (κ2) is 3.71. The molecule has 1 aromatic rings. The highest BCUT2D eigenvalue weighted by atomic mass is 32.2. The lowest BCUT2D eigenvalue weighted by Gasteiger charge is -1.98. The van der Waals surface area contributed by atoms with Crippen molar-refractivity contribution in [1.29, 1.82) is 0 Å². The molecular weight excluding hydrogens is 243 g/mol. The summed E-state index contributed by atoms with van der Waals surface area (Å²) in [4.78, 5) is 17.4. The van der Waals surface area contributed by atoms with Crippen molar-refractivity contribution in [2.24, 2.45) is 7.05 Å². The van der Waals surface area contributed by atoms with Crippen molar-refractivity contribution < 1.29 is 22.8 Å². The number of nitrogens with zero attached hydrogens (tertiary/aromatic N) is 2. The summed E-state index contributed by atoms with van der Waals surface area (Å²) in [6.45, 7) is 0. The van der Waals surface area contributed by atoms with Gasteiger partial charge in [0.2, 0.25) is 0 Å². The van der Waals surface area contributed by atoms with Gasteiger partial charge in [0.1, 0.15) is 0 Å². The van der Waals surface area contributed by atoms with E-state index in [1.54, 1.807) is 0 Å². The Morgan fingerprint density at radius 2 is 2.07 bits per heavy atom. The van der Waals surface area contributed by atoms with Crippen molar-refractivity contribution in [3.05, 3.63) is 11.8 Å². The molecule has 0 aliphatic rings. The van der Waals surface area contributed by atoms with Gasteiger partial charge in [-0.2, -0.15) is 5.10 Å².